The van der Waals surface area contributed by atoms with E-state index >= 15 is 0 Å². The van der Waals surface area contributed by atoms with E-state index in [0.717, 1.165) is 12.8 Å². The predicted molar refractivity (Wildman–Crippen MR) is 49.1 cm³/mol. The third kappa shape index (κ3) is 1.64. The van der Waals surface area contributed by atoms with Gasteiger partial charge >= 0.3 is 0 Å². The van der Waals surface area contributed by atoms with E-state index in [2.05, 4.69) is 13.8 Å². The van der Waals surface area contributed by atoms with Gasteiger partial charge in [0.2, 0.25) is 0 Å². The van der Waals surface area contributed by atoms with Crippen molar-refractivity contribution in [3.05, 3.63) is 0 Å². The monoisotopic (exact) mass is 172 g/mol. The van der Waals surface area contributed by atoms with E-state index in [4.69, 9.17) is 4.74 Å². The molecule has 1 N–H and O–H groups in total. The van der Waals surface area contributed by atoms with Gasteiger partial charge in [-0.15, -0.1) is 0 Å². The quantitative estimate of drug-likeness (QED) is 0.705. The summed E-state index contributed by atoms with van der Waals surface area (Å²) < 4.78 is 5.43. The van der Waals surface area contributed by atoms with Crippen molar-refractivity contribution >= 4 is 0 Å². The Kier molecular flexibility index (Phi) is 2.50. The number of ether oxygens (including phenoxy) is 1. The Balaban J connectivity index is 2.40. The zero-order chi connectivity index (χ0) is 9.41. The van der Waals surface area contributed by atoms with Crippen LogP contribution in [-0.4, -0.2) is 23.4 Å². The third-order valence-corrected chi connectivity index (χ3v) is 3.08. The molecular formula is C10H20O2. The van der Waals surface area contributed by atoms with Crippen LogP contribution in [-0.2, 0) is 4.74 Å². The lowest BCUT2D eigenvalue weighted by Crippen LogP contribution is -2.57. The normalized spacial score (nSPS) is 33.5. The largest absolute Gasteiger partial charge is 0.387 e. The smallest absolute Gasteiger partial charge is 0.0931 e. The van der Waals surface area contributed by atoms with Gasteiger partial charge in [0, 0.05) is 0 Å². The fourth-order valence-electron chi connectivity index (χ4n) is 1.49. The lowest BCUT2D eigenvalue weighted by atomic mass is 9.59. The van der Waals surface area contributed by atoms with E-state index in [-0.39, 0.29) is 11.5 Å². The van der Waals surface area contributed by atoms with E-state index in [9.17, 15) is 5.11 Å². The van der Waals surface area contributed by atoms with Crippen molar-refractivity contribution in [2.45, 2.75) is 52.2 Å². The Labute approximate surface area is 74.9 Å². The van der Waals surface area contributed by atoms with Gasteiger partial charge in [-0.3, -0.25) is 0 Å². The zero-order valence-corrected chi connectivity index (χ0v) is 8.55. The summed E-state index contributed by atoms with van der Waals surface area (Å²) >= 11 is 0. The second-order valence-electron chi connectivity index (χ2n) is 4.78. The molecule has 2 heteroatoms. The van der Waals surface area contributed by atoms with Crippen LogP contribution in [0.3, 0.4) is 0 Å². The Morgan fingerprint density at radius 2 is 1.92 bits per heavy atom. The molecule has 0 spiro atoms. The van der Waals surface area contributed by atoms with Gasteiger partial charge in [-0.05, 0) is 32.1 Å². The van der Waals surface area contributed by atoms with Gasteiger partial charge in [0.05, 0.1) is 18.3 Å². The summed E-state index contributed by atoms with van der Waals surface area (Å²) in [6, 6.07) is 0. The van der Waals surface area contributed by atoms with Crippen molar-refractivity contribution in [1.29, 1.82) is 0 Å². The Morgan fingerprint density at radius 3 is 2.17 bits per heavy atom. The minimum atomic E-state index is -0.572. The molecular weight excluding hydrogens is 152 g/mol. The highest BCUT2D eigenvalue weighted by molar-refractivity contribution is 5.02. The first-order valence-corrected chi connectivity index (χ1v) is 4.71. The summed E-state index contributed by atoms with van der Waals surface area (Å²) in [6.07, 6.45) is 2.20. The molecule has 0 amide bonds. The van der Waals surface area contributed by atoms with Crippen LogP contribution in [0.25, 0.3) is 0 Å². The molecule has 1 fully saturated rings. The minimum Gasteiger partial charge on any atom is -0.387 e. The van der Waals surface area contributed by atoms with Gasteiger partial charge in [-0.25, -0.2) is 0 Å². The summed E-state index contributed by atoms with van der Waals surface area (Å²) in [5, 5.41) is 10.1. The van der Waals surface area contributed by atoms with Crippen LogP contribution in [0.15, 0.2) is 0 Å². The van der Waals surface area contributed by atoms with E-state index in [1.54, 1.807) is 0 Å². The molecule has 2 nitrogen and oxygen atoms in total. The Hall–Kier alpha value is -0.0800. The first-order chi connectivity index (χ1) is 5.37. The van der Waals surface area contributed by atoms with Crippen molar-refractivity contribution in [3.8, 4) is 0 Å². The number of hydrogen-bond acceptors (Lipinski definition) is 2. The molecule has 0 aliphatic heterocycles. The molecule has 1 aliphatic rings. The van der Waals surface area contributed by atoms with Gasteiger partial charge in [0.15, 0.2) is 0 Å². The van der Waals surface area contributed by atoms with Crippen LogP contribution in [0, 0.1) is 5.41 Å². The van der Waals surface area contributed by atoms with Crippen molar-refractivity contribution in [2.75, 3.05) is 6.61 Å². The minimum absolute atomic E-state index is 0.0435. The van der Waals surface area contributed by atoms with Gasteiger partial charge in [-0.1, -0.05) is 13.8 Å². The van der Waals surface area contributed by atoms with Crippen LogP contribution in [0.2, 0.25) is 0 Å². The topological polar surface area (TPSA) is 29.5 Å². The first-order valence-electron chi connectivity index (χ1n) is 4.71. The number of hydrogen-bond donors (Lipinski definition) is 1. The van der Waals surface area contributed by atoms with Gasteiger partial charge < -0.3 is 9.84 Å². The van der Waals surface area contributed by atoms with E-state index < -0.39 is 5.60 Å². The standard InChI is InChI=1S/C10H20O2/c1-8(2)12-7-10(11)6-5-9(10,3)4/h8,11H,5-7H2,1-4H3. The number of rotatable bonds is 3. The van der Waals surface area contributed by atoms with Crippen molar-refractivity contribution < 1.29 is 9.84 Å². The SMILES string of the molecule is CC(C)OCC1(O)CCC1(C)C. The highest BCUT2D eigenvalue weighted by atomic mass is 16.5. The molecule has 0 bridgehead atoms. The summed E-state index contributed by atoms with van der Waals surface area (Å²) in [5.41, 5.74) is -0.529. The van der Waals surface area contributed by atoms with Crippen LogP contribution < -0.4 is 0 Å². The summed E-state index contributed by atoms with van der Waals surface area (Å²) in [5.74, 6) is 0. The molecule has 1 saturated carbocycles. The molecule has 0 heterocycles. The van der Waals surface area contributed by atoms with Crippen molar-refractivity contribution in [3.63, 3.8) is 0 Å². The average Bonchev–Trinajstić information content (AvgIpc) is 1.98. The van der Waals surface area contributed by atoms with Crippen LogP contribution in [0.1, 0.15) is 40.5 Å². The van der Waals surface area contributed by atoms with Crippen LogP contribution in [0.5, 0.6) is 0 Å². The molecule has 0 aromatic carbocycles. The van der Waals surface area contributed by atoms with Crippen molar-refractivity contribution in [2.24, 2.45) is 5.41 Å². The highest BCUT2D eigenvalue weighted by Crippen LogP contribution is 2.49. The molecule has 12 heavy (non-hydrogen) atoms. The summed E-state index contributed by atoms with van der Waals surface area (Å²) in [6.45, 7) is 8.67. The summed E-state index contributed by atoms with van der Waals surface area (Å²) in [4.78, 5) is 0. The number of aliphatic hydroxyl groups is 1. The molecule has 0 radical (unpaired) electrons. The highest BCUT2D eigenvalue weighted by Gasteiger charge is 2.51. The zero-order valence-electron chi connectivity index (χ0n) is 8.55. The lowest BCUT2D eigenvalue weighted by molar-refractivity contribution is -0.190. The molecule has 1 rings (SSSR count). The maximum Gasteiger partial charge on any atom is 0.0931 e. The van der Waals surface area contributed by atoms with Gasteiger partial charge in [-0.2, -0.15) is 0 Å². The lowest BCUT2D eigenvalue weighted by Gasteiger charge is -2.52. The molecule has 1 aliphatic carbocycles. The van der Waals surface area contributed by atoms with Crippen LogP contribution >= 0.6 is 0 Å². The van der Waals surface area contributed by atoms with E-state index in [1.807, 2.05) is 13.8 Å². The fourth-order valence-corrected chi connectivity index (χ4v) is 1.49. The molecule has 0 aromatic heterocycles. The van der Waals surface area contributed by atoms with E-state index in [1.165, 1.54) is 0 Å². The second-order valence-corrected chi connectivity index (χ2v) is 4.78. The molecule has 72 valence electrons. The maximum atomic E-state index is 10.1. The molecule has 1 unspecified atom stereocenters. The van der Waals surface area contributed by atoms with Crippen molar-refractivity contribution in [1.82, 2.24) is 0 Å². The van der Waals surface area contributed by atoms with Gasteiger partial charge in [0.1, 0.15) is 0 Å². The Morgan fingerprint density at radius 1 is 1.33 bits per heavy atom. The maximum absolute atomic E-state index is 10.1. The fraction of sp³-hybridized carbons (Fsp3) is 1.00. The third-order valence-electron chi connectivity index (χ3n) is 3.08. The van der Waals surface area contributed by atoms with Gasteiger partial charge in [0.25, 0.3) is 0 Å². The van der Waals surface area contributed by atoms with E-state index in [0.29, 0.717) is 6.61 Å². The molecule has 1 atom stereocenters. The average molecular weight is 172 g/mol. The van der Waals surface area contributed by atoms with Crippen LogP contribution in [0.4, 0.5) is 0 Å². The molecule has 0 saturated heterocycles. The molecule has 0 aromatic rings. The predicted octanol–water partition coefficient (Wildman–Crippen LogP) is 1.96. The summed E-state index contributed by atoms with van der Waals surface area (Å²) in [7, 11) is 0. The first kappa shape index (κ1) is 10.0. The second kappa shape index (κ2) is 3.00. The Bertz CT molecular complexity index is 163.